The second-order valence-corrected chi connectivity index (χ2v) is 6.29. The number of fused-ring (bicyclic) bond motifs is 1. The molecular weight excluding hydrogens is 348 g/mol. The zero-order chi connectivity index (χ0) is 17.4. The fourth-order valence-electron chi connectivity index (χ4n) is 3.09. The van der Waals surface area contributed by atoms with Gasteiger partial charge in [0, 0.05) is 11.4 Å². The van der Waals surface area contributed by atoms with E-state index in [1.54, 1.807) is 12.6 Å². The first-order chi connectivity index (χ1) is 12.1. The van der Waals surface area contributed by atoms with Crippen molar-refractivity contribution in [3.63, 3.8) is 0 Å². The van der Waals surface area contributed by atoms with E-state index in [0.717, 1.165) is 28.3 Å². The fraction of sp³-hybridized carbons (Fsp3) is 0.200. The first-order valence-electron chi connectivity index (χ1n) is 8.30. The zero-order valence-electron chi connectivity index (χ0n) is 15.0. The number of aromatic nitrogens is 3. The second kappa shape index (κ2) is 7.22. The molecule has 0 aliphatic heterocycles. The van der Waals surface area contributed by atoms with Gasteiger partial charge in [-0.15, -0.1) is 12.4 Å². The number of hydrogen-bond acceptors (Lipinski definition) is 4. The molecule has 134 valence electrons. The van der Waals surface area contributed by atoms with Crippen molar-refractivity contribution in [1.82, 2.24) is 14.5 Å². The van der Waals surface area contributed by atoms with Crippen LogP contribution in [0.15, 0.2) is 53.4 Å². The molecule has 4 rings (SSSR count). The highest BCUT2D eigenvalue weighted by Gasteiger charge is 2.17. The predicted molar refractivity (Wildman–Crippen MR) is 107 cm³/mol. The molecule has 1 N–H and O–H groups in total. The SMILES string of the molecule is Cc1ccc(Nc2ncnc3c2c(C)c(C)n3Cc2ccco2)cc1.Cl. The van der Waals surface area contributed by atoms with Crippen LogP contribution in [0.1, 0.15) is 22.6 Å². The van der Waals surface area contributed by atoms with Crippen molar-refractivity contribution in [3.8, 4) is 0 Å². The third kappa shape index (κ3) is 3.18. The van der Waals surface area contributed by atoms with Gasteiger partial charge in [-0.05, 0) is 50.6 Å². The molecule has 0 saturated carbocycles. The molecular formula is C20H21ClN4O. The Morgan fingerprint density at radius 3 is 2.50 bits per heavy atom. The van der Waals surface area contributed by atoms with Gasteiger partial charge in [-0.25, -0.2) is 9.97 Å². The van der Waals surface area contributed by atoms with Crippen LogP contribution in [0.5, 0.6) is 0 Å². The maximum Gasteiger partial charge on any atom is 0.146 e. The number of hydrogen-bond donors (Lipinski definition) is 1. The molecule has 0 aliphatic carbocycles. The molecule has 0 spiro atoms. The summed E-state index contributed by atoms with van der Waals surface area (Å²) in [7, 11) is 0. The fourth-order valence-corrected chi connectivity index (χ4v) is 3.09. The van der Waals surface area contributed by atoms with Crippen LogP contribution in [0.4, 0.5) is 11.5 Å². The molecule has 3 aromatic heterocycles. The van der Waals surface area contributed by atoms with E-state index in [-0.39, 0.29) is 12.4 Å². The summed E-state index contributed by atoms with van der Waals surface area (Å²) in [6, 6.07) is 12.2. The monoisotopic (exact) mass is 368 g/mol. The van der Waals surface area contributed by atoms with Crippen LogP contribution in [0, 0.1) is 20.8 Å². The van der Waals surface area contributed by atoms with E-state index in [0.29, 0.717) is 6.54 Å². The van der Waals surface area contributed by atoms with Crippen molar-refractivity contribution in [3.05, 3.63) is 71.6 Å². The van der Waals surface area contributed by atoms with Gasteiger partial charge < -0.3 is 14.3 Å². The quantitative estimate of drug-likeness (QED) is 0.540. The number of anilines is 2. The summed E-state index contributed by atoms with van der Waals surface area (Å²) in [5, 5.41) is 4.47. The van der Waals surface area contributed by atoms with Crippen molar-refractivity contribution in [2.45, 2.75) is 27.3 Å². The molecule has 0 aliphatic rings. The minimum Gasteiger partial charge on any atom is -0.467 e. The topological polar surface area (TPSA) is 55.9 Å². The summed E-state index contributed by atoms with van der Waals surface area (Å²) in [4.78, 5) is 9.01. The molecule has 0 saturated heterocycles. The number of benzene rings is 1. The summed E-state index contributed by atoms with van der Waals surface area (Å²) < 4.78 is 7.68. The first-order valence-corrected chi connectivity index (χ1v) is 8.30. The van der Waals surface area contributed by atoms with E-state index in [9.17, 15) is 0 Å². The maximum absolute atomic E-state index is 5.51. The van der Waals surface area contributed by atoms with Gasteiger partial charge in [-0.2, -0.15) is 0 Å². The number of aryl methyl sites for hydroxylation is 2. The van der Waals surface area contributed by atoms with Gasteiger partial charge >= 0.3 is 0 Å². The van der Waals surface area contributed by atoms with E-state index in [1.807, 2.05) is 12.1 Å². The highest BCUT2D eigenvalue weighted by molar-refractivity contribution is 5.93. The maximum atomic E-state index is 5.51. The molecule has 26 heavy (non-hydrogen) atoms. The largest absolute Gasteiger partial charge is 0.467 e. The van der Waals surface area contributed by atoms with Crippen molar-refractivity contribution in [2.75, 3.05) is 5.32 Å². The molecule has 3 heterocycles. The van der Waals surface area contributed by atoms with E-state index < -0.39 is 0 Å². The summed E-state index contributed by atoms with van der Waals surface area (Å²) in [6.45, 7) is 6.95. The molecule has 0 fully saturated rings. The normalized spacial score (nSPS) is 10.7. The molecule has 0 unspecified atom stereocenters. The lowest BCUT2D eigenvalue weighted by atomic mass is 10.2. The van der Waals surface area contributed by atoms with Crippen molar-refractivity contribution < 1.29 is 4.42 Å². The number of nitrogens with zero attached hydrogens (tertiary/aromatic N) is 3. The van der Waals surface area contributed by atoms with Gasteiger partial charge in [-0.3, -0.25) is 0 Å². The molecule has 0 radical (unpaired) electrons. The number of halogens is 1. The molecule has 0 bridgehead atoms. The van der Waals surface area contributed by atoms with Gasteiger partial charge in [0.15, 0.2) is 0 Å². The number of rotatable bonds is 4. The lowest BCUT2D eigenvalue weighted by Crippen LogP contribution is -2.02. The smallest absolute Gasteiger partial charge is 0.146 e. The highest BCUT2D eigenvalue weighted by Crippen LogP contribution is 2.31. The molecule has 5 nitrogen and oxygen atoms in total. The molecule has 0 amide bonds. The van der Waals surface area contributed by atoms with Crippen molar-refractivity contribution in [2.24, 2.45) is 0 Å². The van der Waals surface area contributed by atoms with Crippen LogP contribution in [-0.4, -0.2) is 14.5 Å². The zero-order valence-corrected chi connectivity index (χ0v) is 15.8. The van der Waals surface area contributed by atoms with Gasteiger partial charge in [-0.1, -0.05) is 17.7 Å². The Morgan fingerprint density at radius 2 is 1.81 bits per heavy atom. The van der Waals surface area contributed by atoms with Crippen LogP contribution >= 0.6 is 12.4 Å². The van der Waals surface area contributed by atoms with Gasteiger partial charge in [0.25, 0.3) is 0 Å². The lowest BCUT2D eigenvalue weighted by Gasteiger charge is -2.08. The summed E-state index contributed by atoms with van der Waals surface area (Å²) in [6.07, 6.45) is 3.30. The van der Waals surface area contributed by atoms with Gasteiger partial charge in [0.2, 0.25) is 0 Å². The second-order valence-electron chi connectivity index (χ2n) is 6.29. The van der Waals surface area contributed by atoms with Gasteiger partial charge in [0.1, 0.15) is 23.6 Å². The standard InChI is InChI=1S/C20H20N4O.ClH/c1-13-6-8-16(9-7-13)23-19-18-14(2)15(3)24(20(18)22-12-21-19)11-17-5-4-10-25-17;/h4-10,12H,11H2,1-3H3,(H,21,22,23);1H. The Labute approximate surface area is 158 Å². The molecule has 0 atom stereocenters. The lowest BCUT2D eigenvalue weighted by molar-refractivity contribution is 0.494. The Kier molecular flexibility index (Phi) is 5.00. The van der Waals surface area contributed by atoms with Crippen LogP contribution in [0.2, 0.25) is 0 Å². The Morgan fingerprint density at radius 1 is 1.04 bits per heavy atom. The van der Waals surface area contributed by atoms with Crippen molar-refractivity contribution in [1.29, 1.82) is 0 Å². The van der Waals surface area contributed by atoms with Crippen molar-refractivity contribution >= 4 is 34.9 Å². The molecule has 4 aromatic rings. The first kappa shape index (κ1) is 18.0. The number of furan rings is 1. The average molecular weight is 369 g/mol. The third-order valence-electron chi connectivity index (χ3n) is 4.61. The Bertz CT molecular complexity index is 1020. The summed E-state index contributed by atoms with van der Waals surface area (Å²) in [5.74, 6) is 1.74. The third-order valence-corrected chi connectivity index (χ3v) is 4.61. The Balaban J connectivity index is 0.00000196. The van der Waals surface area contributed by atoms with Crippen LogP contribution in [-0.2, 0) is 6.54 Å². The van der Waals surface area contributed by atoms with E-state index >= 15 is 0 Å². The summed E-state index contributed by atoms with van der Waals surface area (Å²) >= 11 is 0. The summed E-state index contributed by atoms with van der Waals surface area (Å²) in [5.41, 5.74) is 5.50. The molecule has 6 heteroatoms. The van der Waals surface area contributed by atoms with Crippen LogP contribution < -0.4 is 5.32 Å². The molecule has 1 aromatic carbocycles. The van der Waals surface area contributed by atoms with E-state index in [4.69, 9.17) is 4.42 Å². The van der Waals surface area contributed by atoms with E-state index in [2.05, 4.69) is 64.9 Å². The minimum atomic E-state index is 0. The Hall–Kier alpha value is -2.79. The van der Waals surface area contributed by atoms with Crippen LogP contribution in [0.3, 0.4) is 0 Å². The average Bonchev–Trinajstić information content (AvgIpc) is 3.21. The predicted octanol–water partition coefficient (Wildman–Crippen LogP) is 5.16. The van der Waals surface area contributed by atoms with Crippen LogP contribution in [0.25, 0.3) is 11.0 Å². The van der Waals surface area contributed by atoms with Gasteiger partial charge in [0.05, 0.1) is 18.2 Å². The number of nitrogens with one attached hydrogen (secondary N) is 1. The minimum absolute atomic E-state index is 0. The van der Waals surface area contributed by atoms with E-state index in [1.165, 1.54) is 16.8 Å². The highest BCUT2D eigenvalue weighted by atomic mass is 35.5.